The van der Waals surface area contributed by atoms with Gasteiger partial charge >= 0.3 is 0 Å². The van der Waals surface area contributed by atoms with Crippen LogP contribution < -0.4 is 5.73 Å². The second kappa shape index (κ2) is 6.26. The Kier molecular flexibility index (Phi) is 4.86. The van der Waals surface area contributed by atoms with E-state index in [1.807, 2.05) is 0 Å². The lowest BCUT2D eigenvalue weighted by Crippen LogP contribution is -2.43. The highest BCUT2D eigenvalue weighted by Gasteiger charge is 2.35. The van der Waals surface area contributed by atoms with Gasteiger partial charge in [-0.15, -0.1) is 6.58 Å². The minimum Gasteiger partial charge on any atom is -0.335 e. The van der Waals surface area contributed by atoms with Crippen molar-refractivity contribution in [1.29, 1.82) is 0 Å². The van der Waals surface area contributed by atoms with Crippen molar-refractivity contribution >= 4 is 15.7 Å². The highest BCUT2D eigenvalue weighted by atomic mass is 32.2. The van der Waals surface area contributed by atoms with Crippen LogP contribution in [-0.4, -0.2) is 49.4 Å². The summed E-state index contributed by atoms with van der Waals surface area (Å²) >= 11 is 0. The zero-order valence-corrected chi connectivity index (χ0v) is 12.6. The predicted octanol–water partition coefficient (Wildman–Crippen LogP) is 0.706. The number of sulfone groups is 1. The van der Waals surface area contributed by atoms with Crippen LogP contribution in [0.1, 0.15) is 32.1 Å². The molecule has 0 aromatic carbocycles. The topological polar surface area (TPSA) is 80.5 Å². The van der Waals surface area contributed by atoms with Crippen molar-refractivity contribution in [3.63, 3.8) is 0 Å². The fraction of sp³-hybridized carbons (Fsp3) is 0.786. The molecule has 6 heteroatoms. The van der Waals surface area contributed by atoms with Crippen molar-refractivity contribution in [3.8, 4) is 0 Å². The standard InChI is InChI=1S/C14H24N2O3S/c1-2-7-16(12-6-8-20(18,19)10-12)14(17)9-11-4-3-5-13(11)15/h2,11-13H,1,3-10,15H2/t11-,12?,13+/m0/s1. The minimum atomic E-state index is -2.98. The Morgan fingerprint density at radius 2 is 2.10 bits per heavy atom. The number of rotatable bonds is 5. The number of nitrogens with two attached hydrogens (primary N) is 1. The Hall–Kier alpha value is -0.880. The zero-order valence-electron chi connectivity index (χ0n) is 11.8. The summed E-state index contributed by atoms with van der Waals surface area (Å²) < 4.78 is 23.2. The number of carbonyl (C=O) groups is 1. The molecular formula is C14H24N2O3S. The number of hydrogen-bond donors (Lipinski definition) is 1. The molecule has 1 amide bonds. The third-order valence-corrected chi connectivity index (χ3v) is 6.20. The Bertz CT molecular complexity index is 475. The van der Waals surface area contributed by atoms with Crippen LogP contribution in [0.5, 0.6) is 0 Å². The van der Waals surface area contributed by atoms with Gasteiger partial charge in [-0.25, -0.2) is 8.42 Å². The average Bonchev–Trinajstić information content (AvgIpc) is 2.93. The van der Waals surface area contributed by atoms with Gasteiger partial charge in [0.2, 0.25) is 5.91 Å². The summed E-state index contributed by atoms with van der Waals surface area (Å²) in [6.45, 7) is 4.09. The Labute approximate surface area is 121 Å². The van der Waals surface area contributed by atoms with Crippen LogP contribution in [0.25, 0.3) is 0 Å². The Morgan fingerprint density at radius 1 is 1.35 bits per heavy atom. The lowest BCUT2D eigenvalue weighted by Gasteiger charge is -2.29. The maximum Gasteiger partial charge on any atom is 0.223 e. The maximum atomic E-state index is 12.5. The van der Waals surface area contributed by atoms with Crippen molar-refractivity contribution in [2.75, 3.05) is 18.1 Å². The molecule has 2 N–H and O–H groups in total. The highest BCUT2D eigenvalue weighted by molar-refractivity contribution is 7.91. The molecule has 5 nitrogen and oxygen atoms in total. The van der Waals surface area contributed by atoms with E-state index in [1.54, 1.807) is 11.0 Å². The molecule has 1 unspecified atom stereocenters. The summed E-state index contributed by atoms with van der Waals surface area (Å²) in [4.78, 5) is 14.1. The molecular weight excluding hydrogens is 276 g/mol. The van der Waals surface area contributed by atoms with E-state index in [1.165, 1.54) is 0 Å². The van der Waals surface area contributed by atoms with Crippen LogP contribution in [0.2, 0.25) is 0 Å². The van der Waals surface area contributed by atoms with E-state index >= 15 is 0 Å². The van der Waals surface area contributed by atoms with E-state index in [-0.39, 0.29) is 35.4 Å². The van der Waals surface area contributed by atoms with Crippen molar-refractivity contribution in [2.24, 2.45) is 11.7 Å². The van der Waals surface area contributed by atoms with Crippen molar-refractivity contribution < 1.29 is 13.2 Å². The van der Waals surface area contributed by atoms with E-state index < -0.39 is 9.84 Å². The van der Waals surface area contributed by atoms with E-state index in [0.717, 1.165) is 19.3 Å². The third kappa shape index (κ3) is 3.61. The second-order valence-corrected chi connectivity index (χ2v) is 8.18. The quantitative estimate of drug-likeness (QED) is 0.758. The van der Waals surface area contributed by atoms with Gasteiger partial charge in [-0.05, 0) is 25.2 Å². The van der Waals surface area contributed by atoms with Crippen LogP contribution in [0.4, 0.5) is 0 Å². The number of nitrogens with zero attached hydrogens (tertiary/aromatic N) is 1. The molecule has 0 aromatic rings. The minimum absolute atomic E-state index is 0.0225. The molecule has 2 aliphatic rings. The molecule has 1 saturated heterocycles. The van der Waals surface area contributed by atoms with Gasteiger partial charge in [0.15, 0.2) is 9.84 Å². The van der Waals surface area contributed by atoms with Gasteiger partial charge in [0.1, 0.15) is 0 Å². The predicted molar refractivity (Wildman–Crippen MR) is 78.9 cm³/mol. The van der Waals surface area contributed by atoms with E-state index in [9.17, 15) is 13.2 Å². The molecule has 1 aliphatic heterocycles. The zero-order chi connectivity index (χ0) is 14.8. The largest absolute Gasteiger partial charge is 0.335 e. The summed E-state index contributed by atoms with van der Waals surface area (Å²) in [5.74, 6) is 0.535. The van der Waals surface area contributed by atoms with Crippen LogP contribution >= 0.6 is 0 Å². The Morgan fingerprint density at radius 3 is 2.60 bits per heavy atom. The van der Waals surface area contributed by atoms with Gasteiger partial charge in [-0.2, -0.15) is 0 Å². The molecule has 2 fully saturated rings. The molecule has 1 heterocycles. The SMILES string of the molecule is C=CCN(C(=O)C[C@@H]1CCC[C@H]1N)C1CCS(=O)(=O)C1. The van der Waals surface area contributed by atoms with Crippen molar-refractivity contribution in [3.05, 3.63) is 12.7 Å². The maximum absolute atomic E-state index is 12.5. The smallest absolute Gasteiger partial charge is 0.223 e. The number of hydrogen-bond acceptors (Lipinski definition) is 4. The molecule has 0 aromatic heterocycles. The summed E-state index contributed by atoms with van der Waals surface area (Å²) in [5, 5.41) is 0. The lowest BCUT2D eigenvalue weighted by atomic mass is 9.99. The first-order chi connectivity index (χ1) is 9.43. The number of carbonyl (C=O) groups excluding carboxylic acids is 1. The van der Waals surface area contributed by atoms with Gasteiger partial charge in [0.05, 0.1) is 11.5 Å². The van der Waals surface area contributed by atoms with Crippen molar-refractivity contribution in [2.45, 2.75) is 44.2 Å². The Balaban J connectivity index is 2.00. The average molecular weight is 300 g/mol. The fourth-order valence-corrected chi connectivity index (χ4v) is 5.01. The normalized spacial score (nSPS) is 32.1. The van der Waals surface area contributed by atoms with Gasteiger partial charge in [-0.1, -0.05) is 12.5 Å². The molecule has 20 heavy (non-hydrogen) atoms. The van der Waals surface area contributed by atoms with Gasteiger partial charge in [-0.3, -0.25) is 4.79 Å². The highest BCUT2D eigenvalue weighted by Crippen LogP contribution is 2.28. The first kappa shape index (κ1) is 15.5. The van der Waals surface area contributed by atoms with E-state index in [2.05, 4.69) is 6.58 Å². The molecule has 1 saturated carbocycles. The molecule has 0 radical (unpaired) electrons. The van der Waals surface area contributed by atoms with E-state index in [0.29, 0.717) is 19.4 Å². The second-order valence-electron chi connectivity index (χ2n) is 5.95. The van der Waals surface area contributed by atoms with Gasteiger partial charge in [0, 0.05) is 25.0 Å². The van der Waals surface area contributed by atoms with Gasteiger partial charge in [0.25, 0.3) is 0 Å². The summed E-state index contributed by atoms with van der Waals surface area (Å²) in [6.07, 6.45) is 5.70. The summed E-state index contributed by atoms with van der Waals surface area (Å²) in [6, 6.07) is -0.0834. The van der Waals surface area contributed by atoms with Crippen LogP contribution in [0.3, 0.4) is 0 Å². The molecule has 0 bridgehead atoms. The van der Waals surface area contributed by atoms with Crippen LogP contribution in [0, 0.1) is 5.92 Å². The van der Waals surface area contributed by atoms with Gasteiger partial charge < -0.3 is 10.6 Å². The molecule has 2 rings (SSSR count). The summed E-state index contributed by atoms with van der Waals surface area (Å²) in [7, 11) is -2.98. The monoisotopic (exact) mass is 300 g/mol. The third-order valence-electron chi connectivity index (χ3n) is 4.45. The molecule has 0 spiro atoms. The molecule has 1 aliphatic carbocycles. The molecule has 114 valence electrons. The van der Waals surface area contributed by atoms with Crippen LogP contribution in [-0.2, 0) is 14.6 Å². The molecule has 3 atom stereocenters. The lowest BCUT2D eigenvalue weighted by molar-refractivity contribution is -0.133. The first-order valence-electron chi connectivity index (χ1n) is 7.29. The first-order valence-corrected chi connectivity index (χ1v) is 9.11. The van der Waals surface area contributed by atoms with Crippen molar-refractivity contribution in [1.82, 2.24) is 4.90 Å². The number of amides is 1. The van der Waals surface area contributed by atoms with E-state index in [4.69, 9.17) is 5.73 Å². The fourth-order valence-electron chi connectivity index (χ4n) is 3.28. The summed E-state index contributed by atoms with van der Waals surface area (Å²) in [5.41, 5.74) is 6.01. The van der Waals surface area contributed by atoms with Crippen LogP contribution in [0.15, 0.2) is 12.7 Å².